The zero-order valence-corrected chi connectivity index (χ0v) is 13.1. The molecule has 1 aliphatic heterocycles. The summed E-state index contributed by atoms with van der Waals surface area (Å²) in [5.74, 6) is 0.0295. The zero-order chi connectivity index (χ0) is 15.4. The average Bonchev–Trinajstić information content (AvgIpc) is 2.48. The van der Waals surface area contributed by atoms with Crippen LogP contribution < -0.4 is 0 Å². The van der Waals surface area contributed by atoms with Crippen molar-refractivity contribution in [2.24, 2.45) is 0 Å². The smallest absolute Gasteiger partial charge is 0.246 e. The van der Waals surface area contributed by atoms with Gasteiger partial charge in [0.25, 0.3) is 0 Å². The first-order valence-corrected chi connectivity index (χ1v) is 7.34. The first-order valence-electron chi connectivity index (χ1n) is 6.96. The Balaban J connectivity index is 1.94. The van der Waals surface area contributed by atoms with E-state index in [4.69, 9.17) is 11.6 Å². The van der Waals surface area contributed by atoms with Crippen molar-refractivity contribution < 1.29 is 9.59 Å². The number of aryl methyl sites for hydroxylation is 1. The fourth-order valence-electron chi connectivity index (χ4n) is 2.23. The number of benzene rings is 1. The molecule has 5 heteroatoms. The van der Waals surface area contributed by atoms with E-state index >= 15 is 0 Å². The van der Waals surface area contributed by atoms with Crippen LogP contribution >= 0.6 is 11.6 Å². The van der Waals surface area contributed by atoms with E-state index in [-0.39, 0.29) is 11.8 Å². The van der Waals surface area contributed by atoms with Gasteiger partial charge < -0.3 is 9.80 Å². The minimum Gasteiger partial charge on any atom is -0.339 e. The summed E-state index contributed by atoms with van der Waals surface area (Å²) >= 11 is 6.06. The average molecular weight is 307 g/mol. The van der Waals surface area contributed by atoms with Gasteiger partial charge in [0.2, 0.25) is 11.8 Å². The second-order valence-corrected chi connectivity index (χ2v) is 5.58. The molecule has 0 spiro atoms. The van der Waals surface area contributed by atoms with Gasteiger partial charge in [-0.25, -0.2) is 0 Å². The highest BCUT2D eigenvalue weighted by Crippen LogP contribution is 2.17. The number of hydrogen-bond acceptors (Lipinski definition) is 2. The number of carbonyl (C=O) groups excluding carboxylic acids is 2. The van der Waals surface area contributed by atoms with Crippen LogP contribution in [0, 0.1) is 6.92 Å². The molecule has 1 saturated heterocycles. The fourth-order valence-corrected chi connectivity index (χ4v) is 2.42. The molecule has 4 nitrogen and oxygen atoms in total. The maximum absolute atomic E-state index is 12.1. The van der Waals surface area contributed by atoms with Gasteiger partial charge >= 0.3 is 0 Å². The van der Waals surface area contributed by atoms with Crippen molar-refractivity contribution in [1.29, 1.82) is 0 Å². The summed E-state index contributed by atoms with van der Waals surface area (Å²) in [6.45, 7) is 5.86. The van der Waals surface area contributed by atoms with Crippen molar-refractivity contribution in [2.75, 3.05) is 26.2 Å². The van der Waals surface area contributed by atoms with Gasteiger partial charge in [-0.3, -0.25) is 9.59 Å². The van der Waals surface area contributed by atoms with Gasteiger partial charge in [0.15, 0.2) is 0 Å². The lowest BCUT2D eigenvalue weighted by atomic mass is 10.1. The highest BCUT2D eigenvalue weighted by molar-refractivity contribution is 6.31. The Hall–Kier alpha value is -1.81. The number of carbonyl (C=O) groups is 2. The van der Waals surface area contributed by atoms with Crippen LogP contribution in [0.25, 0.3) is 6.08 Å². The van der Waals surface area contributed by atoms with Crippen LogP contribution in [-0.2, 0) is 9.59 Å². The zero-order valence-electron chi connectivity index (χ0n) is 12.3. The number of rotatable bonds is 2. The number of halogens is 1. The van der Waals surface area contributed by atoms with Crippen molar-refractivity contribution in [2.45, 2.75) is 13.8 Å². The summed E-state index contributed by atoms with van der Waals surface area (Å²) in [6.07, 6.45) is 3.33. The van der Waals surface area contributed by atoms with Crippen LogP contribution in [0.1, 0.15) is 18.1 Å². The summed E-state index contributed by atoms with van der Waals surface area (Å²) in [7, 11) is 0. The normalized spacial score (nSPS) is 15.6. The largest absolute Gasteiger partial charge is 0.339 e. The summed E-state index contributed by atoms with van der Waals surface area (Å²) in [6, 6.07) is 5.70. The highest BCUT2D eigenvalue weighted by Gasteiger charge is 2.20. The molecule has 2 amide bonds. The predicted molar refractivity (Wildman–Crippen MR) is 84.1 cm³/mol. The lowest BCUT2D eigenvalue weighted by Gasteiger charge is -2.33. The van der Waals surface area contributed by atoms with Gasteiger partial charge in [-0.1, -0.05) is 23.7 Å². The Kier molecular flexibility index (Phi) is 5.02. The molecular formula is C16H19ClN2O2. The highest BCUT2D eigenvalue weighted by atomic mass is 35.5. The molecule has 21 heavy (non-hydrogen) atoms. The Morgan fingerprint density at radius 3 is 2.33 bits per heavy atom. The molecule has 0 N–H and O–H groups in total. The van der Waals surface area contributed by atoms with Crippen molar-refractivity contribution in [3.8, 4) is 0 Å². The molecule has 112 valence electrons. The lowest BCUT2D eigenvalue weighted by Crippen LogP contribution is -2.49. The molecule has 1 heterocycles. The second kappa shape index (κ2) is 6.76. The van der Waals surface area contributed by atoms with Crippen LogP contribution in [-0.4, -0.2) is 47.8 Å². The van der Waals surface area contributed by atoms with Crippen LogP contribution in [0.3, 0.4) is 0 Å². The molecule has 0 aliphatic carbocycles. The van der Waals surface area contributed by atoms with Crippen LogP contribution in [0.4, 0.5) is 0 Å². The molecule has 0 atom stereocenters. The van der Waals surface area contributed by atoms with Crippen molar-refractivity contribution in [1.82, 2.24) is 9.80 Å². The van der Waals surface area contributed by atoms with E-state index < -0.39 is 0 Å². The Labute approximate surface area is 130 Å². The van der Waals surface area contributed by atoms with E-state index in [1.807, 2.05) is 25.1 Å². The lowest BCUT2D eigenvalue weighted by molar-refractivity contribution is -0.135. The summed E-state index contributed by atoms with van der Waals surface area (Å²) in [5, 5.41) is 0.694. The Bertz CT molecular complexity index is 576. The van der Waals surface area contributed by atoms with Gasteiger partial charge in [0.05, 0.1) is 0 Å². The molecule has 1 aliphatic rings. The standard InChI is InChI=1S/C16H19ClN2O2/c1-12-3-4-14(11-15(12)17)5-6-16(21)19-9-7-18(8-10-19)13(2)20/h3-6,11H,7-10H2,1-2H3/b6-5+. The number of nitrogens with zero attached hydrogens (tertiary/aromatic N) is 2. The first-order chi connectivity index (χ1) is 9.97. The van der Waals surface area contributed by atoms with Gasteiger partial charge in [0.1, 0.15) is 0 Å². The second-order valence-electron chi connectivity index (χ2n) is 5.17. The van der Waals surface area contributed by atoms with E-state index in [1.54, 1.807) is 28.9 Å². The third-order valence-corrected chi connectivity index (χ3v) is 4.06. The molecule has 0 radical (unpaired) electrons. The number of piperazine rings is 1. The summed E-state index contributed by atoms with van der Waals surface area (Å²) < 4.78 is 0. The summed E-state index contributed by atoms with van der Waals surface area (Å²) in [4.78, 5) is 26.9. The quantitative estimate of drug-likeness (QED) is 0.787. The van der Waals surface area contributed by atoms with E-state index in [9.17, 15) is 9.59 Å². The number of amides is 2. The van der Waals surface area contributed by atoms with E-state index in [0.29, 0.717) is 31.2 Å². The predicted octanol–water partition coefficient (Wildman–Crippen LogP) is 2.35. The monoisotopic (exact) mass is 306 g/mol. The minimum absolute atomic E-state index is 0.0325. The van der Waals surface area contributed by atoms with Gasteiger partial charge in [-0.05, 0) is 30.2 Å². The minimum atomic E-state index is -0.0325. The third-order valence-electron chi connectivity index (χ3n) is 3.65. The topological polar surface area (TPSA) is 40.6 Å². The Morgan fingerprint density at radius 2 is 1.76 bits per heavy atom. The molecule has 0 saturated carbocycles. The maximum atomic E-state index is 12.1. The van der Waals surface area contributed by atoms with Crippen LogP contribution in [0.2, 0.25) is 5.02 Å². The SMILES string of the molecule is CC(=O)N1CCN(C(=O)/C=C/c2ccc(C)c(Cl)c2)CC1. The van der Waals surface area contributed by atoms with Gasteiger partial charge in [-0.2, -0.15) is 0 Å². The molecule has 0 aromatic heterocycles. The molecule has 1 aromatic rings. The van der Waals surface area contributed by atoms with Crippen molar-refractivity contribution in [3.63, 3.8) is 0 Å². The van der Waals surface area contributed by atoms with Crippen molar-refractivity contribution >= 4 is 29.5 Å². The molecular weight excluding hydrogens is 288 g/mol. The molecule has 2 rings (SSSR count). The molecule has 1 fully saturated rings. The van der Waals surface area contributed by atoms with Gasteiger partial charge in [-0.15, -0.1) is 0 Å². The maximum Gasteiger partial charge on any atom is 0.246 e. The Morgan fingerprint density at radius 1 is 1.14 bits per heavy atom. The van der Waals surface area contributed by atoms with E-state index in [0.717, 1.165) is 11.1 Å². The fraction of sp³-hybridized carbons (Fsp3) is 0.375. The number of hydrogen-bond donors (Lipinski definition) is 0. The van der Waals surface area contributed by atoms with E-state index in [2.05, 4.69) is 0 Å². The first kappa shape index (κ1) is 15.6. The molecule has 0 unspecified atom stereocenters. The third kappa shape index (κ3) is 4.08. The van der Waals surface area contributed by atoms with Crippen LogP contribution in [0.15, 0.2) is 24.3 Å². The molecule has 1 aromatic carbocycles. The van der Waals surface area contributed by atoms with Gasteiger partial charge in [0, 0.05) is 44.2 Å². The van der Waals surface area contributed by atoms with E-state index in [1.165, 1.54) is 0 Å². The molecule has 0 bridgehead atoms. The van der Waals surface area contributed by atoms with Crippen molar-refractivity contribution in [3.05, 3.63) is 40.4 Å². The summed E-state index contributed by atoms with van der Waals surface area (Å²) in [5.41, 5.74) is 1.92. The van der Waals surface area contributed by atoms with Crippen LogP contribution in [0.5, 0.6) is 0 Å².